The molecule has 0 amide bonds. The highest BCUT2D eigenvalue weighted by Gasteiger charge is 2.00. The van der Waals surface area contributed by atoms with Gasteiger partial charge in [-0.2, -0.15) is 0 Å². The minimum atomic E-state index is -0.549. The van der Waals surface area contributed by atoms with Crippen LogP contribution in [0.3, 0.4) is 0 Å². The van der Waals surface area contributed by atoms with Crippen molar-refractivity contribution in [3.63, 3.8) is 0 Å². The maximum Gasteiger partial charge on any atom is 0.328 e. The monoisotopic (exact) mass is 252 g/mol. The first-order valence-corrected chi connectivity index (χ1v) is 4.70. The molecule has 0 aliphatic heterocycles. The molecule has 6 heteroatoms. The van der Waals surface area contributed by atoms with Gasteiger partial charge >= 0.3 is 5.69 Å². The number of rotatable bonds is 2. The van der Waals surface area contributed by atoms with Crippen LogP contribution in [0.25, 0.3) is 0 Å². The highest BCUT2D eigenvalue weighted by atomic mass is 79.9. The van der Waals surface area contributed by atoms with E-state index >= 15 is 0 Å². The van der Waals surface area contributed by atoms with E-state index < -0.39 is 11.2 Å². The third-order valence-corrected chi connectivity index (χ3v) is 1.92. The summed E-state index contributed by atoms with van der Waals surface area (Å²) in [5, 5.41) is 0.658. The van der Waals surface area contributed by atoms with Crippen LogP contribution in [0.2, 0.25) is 5.02 Å². The first-order chi connectivity index (χ1) is 5.65. The fourth-order valence-electron chi connectivity index (χ4n) is 0.740. The van der Waals surface area contributed by atoms with Crippen LogP contribution in [-0.2, 0) is 6.54 Å². The SMILES string of the molecule is O=c1[nH]c(=O)n(CCBr)cc1Cl. The Morgan fingerprint density at radius 2 is 2.25 bits per heavy atom. The average Bonchev–Trinajstić information content (AvgIpc) is 2.01. The molecule has 0 unspecified atom stereocenters. The molecular weight excluding hydrogens is 247 g/mol. The largest absolute Gasteiger partial charge is 0.328 e. The van der Waals surface area contributed by atoms with Crippen LogP contribution in [0.4, 0.5) is 0 Å². The number of halogens is 2. The summed E-state index contributed by atoms with van der Waals surface area (Å²) in [6, 6.07) is 0. The fourth-order valence-corrected chi connectivity index (χ4v) is 1.29. The summed E-state index contributed by atoms with van der Waals surface area (Å²) in [7, 11) is 0. The van der Waals surface area contributed by atoms with Crippen molar-refractivity contribution in [1.82, 2.24) is 9.55 Å². The molecule has 66 valence electrons. The molecule has 0 saturated carbocycles. The van der Waals surface area contributed by atoms with Gasteiger partial charge in [-0.3, -0.25) is 14.3 Å². The number of nitrogens with one attached hydrogen (secondary N) is 1. The molecule has 0 fully saturated rings. The van der Waals surface area contributed by atoms with Crippen LogP contribution in [0.5, 0.6) is 0 Å². The summed E-state index contributed by atoms with van der Waals surface area (Å²) in [5.74, 6) is 0. The van der Waals surface area contributed by atoms with Gasteiger partial charge in [-0.1, -0.05) is 27.5 Å². The van der Waals surface area contributed by atoms with Gasteiger partial charge in [0.1, 0.15) is 5.02 Å². The number of aromatic amines is 1. The Bertz CT molecular complexity index is 384. The molecule has 0 bridgehead atoms. The molecule has 0 radical (unpaired) electrons. The van der Waals surface area contributed by atoms with Crippen LogP contribution in [0.1, 0.15) is 0 Å². The minimum absolute atomic E-state index is 0.0237. The summed E-state index contributed by atoms with van der Waals surface area (Å²) < 4.78 is 1.33. The molecule has 0 saturated heterocycles. The van der Waals surface area contributed by atoms with Gasteiger partial charge in [-0.05, 0) is 0 Å². The highest BCUT2D eigenvalue weighted by molar-refractivity contribution is 9.09. The van der Waals surface area contributed by atoms with Gasteiger partial charge in [-0.15, -0.1) is 0 Å². The maximum absolute atomic E-state index is 11.0. The van der Waals surface area contributed by atoms with Gasteiger partial charge in [0.05, 0.1) is 0 Å². The van der Waals surface area contributed by atoms with Crippen molar-refractivity contribution in [1.29, 1.82) is 0 Å². The number of hydrogen-bond donors (Lipinski definition) is 1. The van der Waals surface area contributed by atoms with Crippen molar-refractivity contribution in [2.24, 2.45) is 0 Å². The predicted molar refractivity (Wildman–Crippen MR) is 50.1 cm³/mol. The molecule has 1 rings (SSSR count). The Balaban J connectivity index is 3.24. The average molecular weight is 253 g/mol. The zero-order valence-electron chi connectivity index (χ0n) is 6.01. The standard InChI is InChI=1S/C6H6BrClN2O2/c7-1-2-10-3-4(8)5(11)9-6(10)12/h3H,1-2H2,(H,9,11,12). The first kappa shape index (κ1) is 9.54. The Morgan fingerprint density at radius 3 is 2.83 bits per heavy atom. The van der Waals surface area contributed by atoms with E-state index in [0.717, 1.165) is 0 Å². The van der Waals surface area contributed by atoms with Crippen LogP contribution in [0, 0.1) is 0 Å². The minimum Gasteiger partial charge on any atom is -0.298 e. The van der Waals surface area contributed by atoms with Crippen LogP contribution in [-0.4, -0.2) is 14.9 Å². The van der Waals surface area contributed by atoms with E-state index in [0.29, 0.717) is 11.9 Å². The molecule has 1 heterocycles. The number of alkyl halides is 1. The number of aromatic nitrogens is 2. The lowest BCUT2D eigenvalue weighted by Gasteiger charge is -2.00. The molecule has 4 nitrogen and oxygen atoms in total. The third-order valence-electron chi connectivity index (χ3n) is 1.29. The van der Waals surface area contributed by atoms with Gasteiger partial charge in [-0.25, -0.2) is 4.79 Å². The lowest BCUT2D eigenvalue weighted by molar-refractivity contribution is 0.703. The van der Waals surface area contributed by atoms with Gasteiger partial charge in [0.2, 0.25) is 0 Å². The molecule has 0 spiro atoms. The van der Waals surface area contributed by atoms with E-state index in [1.807, 2.05) is 0 Å². The Labute approximate surface area is 81.3 Å². The molecule has 1 aromatic rings. The van der Waals surface area contributed by atoms with Crippen molar-refractivity contribution in [2.45, 2.75) is 6.54 Å². The zero-order valence-corrected chi connectivity index (χ0v) is 8.35. The molecule has 12 heavy (non-hydrogen) atoms. The van der Waals surface area contributed by atoms with Gasteiger partial charge in [0.25, 0.3) is 5.56 Å². The molecule has 0 atom stereocenters. The van der Waals surface area contributed by atoms with E-state index in [9.17, 15) is 9.59 Å². The lowest BCUT2D eigenvalue weighted by atomic mass is 10.6. The van der Waals surface area contributed by atoms with Crippen molar-refractivity contribution in [3.8, 4) is 0 Å². The second-order valence-electron chi connectivity index (χ2n) is 2.12. The molecule has 1 aromatic heterocycles. The zero-order chi connectivity index (χ0) is 9.14. The molecule has 0 aliphatic carbocycles. The number of H-pyrrole nitrogens is 1. The lowest BCUT2D eigenvalue weighted by Crippen LogP contribution is -2.29. The first-order valence-electron chi connectivity index (χ1n) is 3.20. The van der Waals surface area contributed by atoms with Crippen LogP contribution < -0.4 is 11.2 Å². The molecule has 0 aliphatic rings. The fraction of sp³-hybridized carbons (Fsp3) is 0.333. The van der Waals surface area contributed by atoms with Crippen molar-refractivity contribution < 1.29 is 0 Å². The van der Waals surface area contributed by atoms with Gasteiger partial charge < -0.3 is 0 Å². The molecule has 1 N–H and O–H groups in total. The van der Waals surface area contributed by atoms with Crippen LogP contribution in [0.15, 0.2) is 15.8 Å². The number of aryl methyl sites for hydroxylation is 1. The van der Waals surface area contributed by atoms with Crippen molar-refractivity contribution >= 4 is 27.5 Å². The second kappa shape index (κ2) is 3.91. The Morgan fingerprint density at radius 1 is 1.58 bits per heavy atom. The highest BCUT2D eigenvalue weighted by Crippen LogP contribution is 1.95. The molecule has 0 aromatic carbocycles. The number of hydrogen-bond acceptors (Lipinski definition) is 2. The van der Waals surface area contributed by atoms with E-state index in [2.05, 4.69) is 20.9 Å². The summed E-state index contributed by atoms with van der Waals surface area (Å²) in [5.41, 5.74) is -0.990. The Hall–Kier alpha value is -0.550. The second-order valence-corrected chi connectivity index (χ2v) is 3.32. The smallest absolute Gasteiger partial charge is 0.298 e. The summed E-state index contributed by atoms with van der Waals surface area (Å²) in [4.78, 5) is 23.9. The topological polar surface area (TPSA) is 54.9 Å². The Kier molecular flexibility index (Phi) is 3.11. The van der Waals surface area contributed by atoms with Crippen molar-refractivity contribution in [3.05, 3.63) is 32.1 Å². The van der Waals surface area contributed by atoms with Gasteiger partial charge in [0.15, 0.2) is 0 Å². The summed E-state index contributed by atoms with van der Waals surface area (Å²) in [6.45, 7) is 0.481. The summed E-state index contributed by atoms with van der Waals surface area (Å²) in [6.07, 6.45) is 1.32. The van der Waals surface area contributed by atoms with Crippen LogP contribution >= 0.6 is 27.5 Å². The third kappa shape index (κ3) is 1.98. The maximum atomic E-state index is 11.0. The van der Waals surface area contributed by atoms with E-state index in [1.165, 1.54) is 10.8 Å². The van der Waals surface area contributed by atoms with E-state index in [4.69, 9.17) is 11.6 Å². The number of nitrogens with zero attached hydrogens (tertiary/aromatic N) is 1. The quantitative estimate of drug-likeness (QED) is 0.784. The summed E-state index contributed by atoms with van der Waals surface area (Å²) >= 11 is 8.67. The normalized spacial score (nSPS) is 10.2. The predicted octanol–water partition coefficient (Wildman–Crippen LogP) is 0.585. The van der Waals surface area contributed by atoms with Gasteiger partial charge in [0, 0.05) is 18.1 Å². The van der Waals surface area contributed by atoms with E-state index in [1.54, 1.807) is 0 Å². The van der Waals surface area contributed by atoms with E-state index in [-0.39, 0.29) is 5.02 Å². The molecular formula is C6H6BrClN2O2. The van der Waals surface area contributed by atoms with Crippen molar-refractivity contribution in [2.75, 3.05) is 5.33 Å².